The molecule has 0 bridgehead atoms. The summed E-state index contributed by atoms with van der Waals surface area (Å²) in [4.78, 5) is 34.8. The second-order valence-corrected chi connectivity index (χ2v) is 7.45. The molecule has 2 fully saturated rings. The van der Waals surface area contributed by atoms with E-state index in [4.69, 9.17) is 0 Å². The number of benzene rings is 1. The molecule has 1 aromatic heterocycles. The summed E-state index contributed by atoms with van der Waals surface area (Å²) in [5, 5.41) is 0. The second kappa shape index (κ2) is 7.97. The monoisotopic (exact) mass is 418 g/mol. The van der Waals surface area contributed by atoms with Crippen molar-refractivity contribution in [3.63, 3.8) is 0 Å². The minimum atomic E-state index is -4.48. The molecular weight excluding hydrogens is 397 g/mol. The summed E-state index contributed by atoms with van der Waals surface area (Å²) in [5.41, 5.74) is -0.640. The molecule has 2 amide bonds. The minimum Gasteiger partial charge on any atom is -0.353 e. The smallest absolute Gasteiger partial charge is 0.353 e. The Hall–Kier alpha value is -3.10. The number of piperazine rings is 1. The van der Waals surface area contributed by atoms with Gasteiger partial charge in [0, 0.05) is 51.0 Å². The lowest BCUT2D eigenvalue weighted by Crippen LogP contribution is -2.51. The van der Waals surface area contributed by atoms with E-state index in [2.05, 4.69) is 9.88 Å². The van der Waals surface area contributed by atoms with Gasteiger partial charge in [0.25, 0.3) is 0 Å². The summed E-state index contributed by atoms with van der Waals surface area (Å²) >= 11 is 0. The molecule has 158 valence electrons. The molecule has 0 N–H and O–H groups in total. The first-order chi connectivity index (χ1) is 14.3. The van der Waals surface area contributed by atoms with Gasteiger partial charge in [-0.05, 0) is 30.3 Å². The Balaban J connectivity index is 1.39. The van der Waals surface area contributed by atoms with Crippen LogP contribution in [0.1, 0.15) is 12.0 Å². The van der Waals surface area contributed by atoms with Crippen molar-refractivity contribution < 1.29 is 22.8 Å². The number of rotatable bonds is 3. The summed E-state index contributed by atoms with van der Waals surface area (Å²) in [6, 6.07) is 10.3. The van der Waals surface area contributed by atoms with Gasteiger partial charge in [-0.1, -0.05) is 12.1 Å². The lowest BCUT2D eigenvalue weighted by Gasteiger charge is -2.36. The highest BCUT2D eigenvalue weighted by Crippen LogP contribution is 2.33. The molecule has 2 saturated heterocycles. The van der Waals surface area contributed by atoms with E-state index >= 15 is 0 Å². The Bertz CT molecular complexity index is 927. The third kappa shape index (κ3) is 4.10. The second-order valence-electron chi connectivity index (χ2n) is 7.45. The first-order valence-corrected chi connectivity index (χ1v) is 9.75. The Kier molecular flexibility index (Phi) is 5.36. The van der Waals surface area contributed by atoms with Crippen LogP contribution in [0.4, 0.5) is 24.7 Å². The Morgan fingerprint density at radius 2 is 1.80 bits per heavy atom. The first-order valence-electron chi connectivity index (χ1n) is 9.75. The first kappa shape index (κ1) is 20.2. The number of halogens is 3. The lowest BCUT2D eigenvalue weighted by molar-refractivity contribution is -0.137. The number of amides is 2. The van der Waals surface area contributed by atoms with E-state index in [9.17, 15) is 22.8 Å². The van der Waals surface area contributed by atoms with Crippen LogP contribution in [0.25, 0.3) is 0 Å². The van der Waals surface area contributed by atoms with E-state index in [-0.39, 0.29) is 30.5 Å². The van der Waals surface area contributed by atoms with E-state index in [0.717, 1.165) is 18.0 Å². The van der Waals surface area contributed by atoms with E-state index in [1.54, 1.807) is 11.1 Å². The van der Waals surface area contributed by atoms with E-state index < -0.39 is 17.7 Å². The molecule has 30 heavy (non-hydrogen) atoms. The van der Waals surface area contributed by atoms with Gasteiger partial charge in [0.2, 0.25) is 11.8 Å². The molecule has 1 atom stereocenters. The maximum Gasteiger partial charge on any atom is 0.416 e. The van der Waals surface area contributed by atoms with Crippen LogP contribution in [0, 0.1) is 5.92 Å². The van der Waals surface area contributed by atoms with Gasteiger partial charge < -0.3 is 14.7 Å². The number of alkyl halides is 3. The number of carbonyl (C=O) groups excluding carboxylic acids is 2. The summed E-state index contributed by atoms with van der Waals surface area (Å²) in [6.45, 7) is 2.41. The van der Waals surface area contributed by atoms with Crippen molar-refractivity contribution in [1.82, 2.24) is 9.88 Å². The van der Waals surface area contributed by atoms with Crippen LogP contribution >= 0.6 is 0 Å². The molecule has 6 nitrogen and oxygen atoms in total. The van der Waals surface area contributed by atoms with Crippen molar-refractivity contribution >= 4 is 23.3 Å². The molecule has 1 aromatic carbocycles. The SMILES string of the molecule is O=C([C@H]1CC(=O)N(c2cccc(C(F)(F)F)c2)C1)N1CCN(c2ccccn2)CC1. The van der Waals surface area contributed by atoms with Gasteiger partial charge in [-0.15, -0.1) is 0 Å². The number of carbonyl (C=O) groups is 2. The molecule has 0 unspecified atom stereocenters. The fraction of sp³-hybridized carbons (Fsp3) is 0.381. The molecule has 2 aromatic rings. The fourth-order valence-electron chi connectivity index (χ4n) is 3.93. The highest BCUT2D eigenvalue weighted by Gasteiger charge is 2.39. The predicted octanol–water partition coefficient (Wildman–Crippen LogP) is 2.80. The minimum absolute atomic E-state index is 0.00946. The normalized spacial score (nSPS) is 20.0. The topological polar surface area (TPSA) is 56.8 Å². The maximum absolute atomic E-state index is 13.0. The average Bonchev–Trinajstić information content (AvgIpc) is 3.15. The summed E-state index contributed by atoms with van der Waals surface area (Å²) in [6.07, 6.45) is -2.75. The van der Waals surface area contributed by atoms with Gasteiger partial charge in [0.1, 0.15) is 5.82 Å². The number of hydrogen-bond acceptors (Lipinski definition) is 4. The summed E-state index contributed by atoms with van der Waals surface area (Å²) in [7, 11) is 0. The maximum atomic E-state index is 13.0. The largest absolute Gasteiger partial charge is 0.416 e. The van der Waals surface area contributed by atoms with Gasteiger partial charge in [-0.3, -0.25) is 9.59 Å². The van der Waals surface area contributed by atoms with E-state index in [1.165, 1.54) is 17.0 Å². The Labute approximate surface area is 171 Å². The van der Waals surface area contributed by atoms with Crippen LogP contribution in [-0.4, -0.2) is 54.4 Å². The molecule has 0 aliphatic carbocycles. The average molecular weight is 418 g/mol. The highest BCUT2D eigenvalue weighted by molar-refractivity contribution is 6.00. The predicted molar refractivity (Wildman–Crippen MR) is 105 cm³/mol. The molecule has 2 aliphatic rings. The van der Waals surface area contributed by atoms with Crippen LogP contribution in [0.2, 0.25) is 0 Å². The van der Waals surface area contributed by atoms with Crippen molar-refractivity contribution in [3.05, 3.63) is 54.2 Å². The number of hydrogen-bond donors (Lipinski definition) is 0. The molecule has 0 radical (unpaired) electrons. The highest BCUT2D eigenvalue weighted by atomic mass is 19.4. The quantitative estimate of drug-likeness (QED) is 0.769. The third-order valence-electron chi connectivity index (χ3n) is 5.52. The zero-order chi connectivity index (χ0) is 21.3. The molecule has 0 saturated carbocycles. The van der Waals surface area contributed by atoms with Crippen molar-refractivity contribution in [3.8, 4) is 0 Å². The molecule has 9 heteroatoms. The Morgan fingerprint density at radius 3 is 2.47 bits per heavy atom. The van der Waals surface area contributed by atoms with Crippen molar-refractivity contribution in [2.45, 2.75) is 12.6 Å². The van der Waals surface area contributed by atoms with Crippen LogP contribution in [0.3, 0.4) is 0 Å². The summed E-state index contributed by atoms with van der Waals surface area (Å²) in [5.74, 6) is -0.150. The molecular formula is C21H21F3N4O2. The molecule has 4 rings (SSSR count). The van der Waals surface area contributed by atoms with Gasteiger partial charge >= 0.3 is 6.18 Å². The summed E-state index contributed by atoms with van der Waals surface area (Å²) < 4.78 is 38.9. The van der Waals surface area contributed by atoms with Crippen molar-refractivity contribution in [2.24, 2.45) is 5.92 Å². The number of nitrogens with zero attached hydrogens (tertiary/aromatic N) is 4. The van der Waals surface area contributed by atoms with E-state index in [1.807, 2.05) is 18.2 Å². The van der Waals surface area contributed by atoms with Crippen LogP contribution in [0.15, 0.2) is 48.7 Å². The number of aromatic nitrogens is 1. The van der Waals surface area contributed by atoms with Gasteiger partial charge in [-0.2, -0.15) is 13.2 Å². The van der Waals surface area contributed by atoms with Crippen molar-refractivity contribution in [2.75, 3.05) is 42.5 Å². The fourth-order valence-corrected chi connectivity index (χ4v) is 3.93. The van der Waals surface area contributed by atoms with E-state index in [0.29, 0.717) is 26.2 Å². The zero-order valence-corrected chi connectivity index (χ0v) is 16.2. The van der Waals surface area contributed by atoms with Crippen LogP contribution < -0.4 is 9.80 Å². The standard InChI is InChI=1S/C21H21F3N4O2/c22-21(23,24)16-4-3-5-17(13-16)28-14-15(12-19(28)29)20(30)27-10-8-26(9-11-27)18-6-1-2-7-25-18/h1-7,13,15H,8-12,14H2/t15-/m0/s1. The third-order valence-corrected chi connectivity index (χ3v) is 5.52. The number of anilines is 2. The molecule has 3 heterocycles. The van der Waals surface area contributed by atoms with Crippen molar-refractivity contribution in [1.29, 1.82) is 0 Å². The van der Waals surface area contributed by atoms with Gasteiger partial charge in [-0.25, -0.2) is 4.98 Å². The van der Waals surface area contributed by atoms with Gasteiger partial charge in [0.15, 0.2) is 0 Å². The Morgan fingerprint density at radius 1 is 1.03 bits per heavy atom. The zero-order valence-electron chi connectivity index (χ0n) is 16.2. The lowest BCUT2D eigenvalue weighted by atomic mass is 10.1. The van der Waals surface area contributed by atoms with Crippen LogP contribution in [0.5, 0.6) is 0 Å². The molecule has 0 spiro atoms. The number of pyridine rings is 1. The van der Waals surface area contributed by atoms with Crippen LogP contribution in [-0.2, 0) is 15.8 Å². The molecule has 2 aliphatic heterocycles. The van der Waals surface area contributed by atoms with Gasteiger partial charge in [0.05, 0.1) is 11.5 Å².